The highest BCUT2D eigenvalue weighted by Crippen LogP contribution is 2.43. The standard InChI is InChI=1S/C38H47F3N4O2.C4H10O/c1-25-19-31(39)8-7-29(25)22-44-14-9-27-20-28(5-6-30(27)23-44)35-33(24-43-15-12-38(40,41)13-16-43)42-26(2)32(21-34(46)47)36(35)45-17-10-37(3,4)11-18-45;1-4(2,3)5/h5-8,19-20H,9-18,21-24H2,1-4H3,(H,46,47);5H,1-3H3. The summed E-state index contributed by atoms with van der Waals surface area (Å²) in [5, 5.41) is 18.5. The van der Waals surface area contributed by atoms with E-state index in [0.717, 1.165) is 91.2 Å². The third-order valence-corrected chi connectivity index (χ3v) is 10.6. The zero-order chi connectivity index (χ0) is 38.0. The first-order valence-corrected chi connectivity index (χ1v) is 18.7. The molecule has 3 aromatic rings. The van der Waals surface area contributed by atoms with Crippen molar-refractivity contribution >= 4 is 11.7 Å². The predicted molar refractivity (Wildman–Crippen MR) is 201 cm³/mol. The van der Waals surface area contributed by atoms with Crippen LogP contribution in [0.5, 0.6) is 0 Å². The van der Waals surface area contributed by atoms with Gasteiger partial charge >= 0.3 is 5.97 Å². The van der Waals surface area contributed by atoms with Crippen molar-refractivity contribution in [1.82, 2.24) is 14.8 Å². The van der Waals surface area contributed by atoms with E-state index in [-0.39, 0.29) is 30.5 Å². The Morgan fingerprint density at radius 3 is 2.15 bits per heavy atom. The second kappa shape index (κ2) is 15.9. The molecule has 3 aliphatic rings. The third-order valence-electron chi connectivity index (χ3n) is 10.6. The highest BCUT2D eigenvalue weighted by molar-refractivity contribution is 5.87. The van der Waals surface area contributed by atoms with Crippen molar-refractivity contribution in [1.29, 1.82) is 0 Å². The van der Waals surface area contributed by atoms with Crippen molar-refractivity contribution in [3.8, 4) is 11.1 Å². The molecule has 52 heavy (non-hydrogen) atoms. The second-order valence-corrected chi connectivity index (χ2v) is 16.9. The van der Waals surface area contributed by atoms with Gasteiger partial charge in [0.25, 0.3) is 5.92 Å². The van der Waals surface area contributed by atoms with Gasteiger partial charge in [0.1, 0.15) is 5.82 Å². The highest BCUT2D eigenvalue weighted by Gasteiger charge is 2.36. The number of carboxylic acids is 1. The van der Waals surface area contributed by atoms with Crippen molar-refractivity contribution in [3.63, 3.8) is 0 Å². The maximum atomic E-state index is 14.1. The number of pyridine rings is 1. The number of aliphatic carboxylic acids is 1. The topological polar surface area (TPSA) is 80.1 Å². The van der Waals surface area contributed by atoms with Gasteiger partial charge in [0.05, 0.1) is 23.4 Å². The van der Waals surface area contributed by atoms with E-state index >= 15 is 0 Å². The number of likely N-dealkylation sites (tertiary alicyclic amines) is 1. The maximum absolute atomic E-state index is 14.1. The summed E-state index contributed by atoms with van der Waals surface area (Å²) in [4.78, 5) is 24.1. The number of aromatic nitrogens is 1. The molecule has 2 fully saturated rings. The summed E-state index contributed by atoms with van der Waals surface area (Å²) in [5.41, 5.74) is 9.42. The molecule has 0 unspecified atom stereocenters. The minimum absolute atomic E-state index is 0.125. The van der Waals surface area contributed by atoms with E-state index < -0.39 is 17.5 Å². The van der Waals surface area contributed by atoms with Gasteiger partial charge in [-0.05, 0) is 99.2 Å². The van der Waals surface area contributed by atoms with Crippen LogP contribution in [-0.2, 0) is 37.3 Å². The van der Waals surface area contributed by atoms with Crippen molar-refractivity contribution in [3.05, 3.63) is 81.4 Å². The monoisotopic (exact) mass is 722 g/mol. The Labute approximate surface area is 307 Å². The highest BCUT2D eigenvalue weighted by atomic mass is 19.3. The van der Waals surface area contributed by atoms with Crippen LogP contribution in [0.3, 0.4) is 0 Å². The molecule has 4 heterocycles. The second-order valence-electron chi connectivity index (χ2n) is 16.9. The van der Waals surface area contributed by atoms with Crippen LogP contribution in [0.2, 0.25) is 0 Å². The maximum Gasteiger partial charge on any atom is 0.307 e. The number of fused-ring (bicyclic) bond motifs is 1. The zero-order valence-corrected chi connectivity index (χ0v) is 32.1. The van der Waals surface area contributed by atoms with Crippen LogP contribution in [0.15, 0.2) is 36.4 Å². The van der Waals surface area contributed by atoms with Gasteiger partial charge in [0.15, 0.2) is 0 Å². The average molecular weight is 723 g/mol. The molecule has 10 heteroatoms. The van der Waals surface area contributed by atoms with E-state index in [1.54, 1.807) is 26.8 Å². The van der Waals surface area contributed by atoms with Crippen molar-refractivity contribution < 1.29 is 28.2 Å². The van der Waals surface area contributed by atoms with E-state index in [2.05, 4.69) is 46.7 Å². The molecule has 3 aliphatic heterocycles. The average Bonchev–Trinajstić information content (AvgIpc) is 3.03. The minimum Gasteiger partial charge on any atom is -0.481 e. The summed E-state index contributed by atoms with van der Waals surface area (Å²) in [7, 11) is 0. The molecule has 7 nitrogen and oxygen atoms in total. The first kappa shape index (κ1) is 39.7. The normalized spacial score (nSPS) is 19.1. The molecule has 2 N–H and O–H groups in total. The van der Waals surface area contributed by atoms with Gasteiger partial charge in [0.2, 0.25) is 0 Å². The van der Waals surface area contributed by atoms with Crippen LogP contribution >= 0.6 is 0 Å². The molecule has 0 amide bonds. The van der Waals surface area contributed by atoms with Gasteiger partial charge in [-0.3, -0.25) is 19.6 Å². The van der Waals surface area contributed by atoms with E-state index in [4.69, 9.17) is 10.1 Å². The molecular weight excluding hydrogens is 665 g/mol. The molecular formula is C42H57F3N4O3. The summed E-state index contributed by atoms with van der Waals surface area (Å²) in [5.74, 6) is -3.75. The van der Waals surface area contributed by atoms with Crippen molar-refractivity contribution in [2.24, 2.45) is 5.41 Å². The molecule has 2 saturated heterocycles. The van der Waals surface area contributed by atoms with E-state index in [9.17, 15) is 23.1 Å². The lowest BCUT2D eigenvalue weighted by atomic mass is 9.81. The summed E-state index contributed by atoms with van der Waals surface area (Å²) < 4.78 is 41.9. The molecule has 1 aromatic heterocycles. The van der Waals surface area contributed by atoms with E-state index in [1.807, 2.05) is 19.9 Å². The molecule has 6 rings (SSSR count). The van der Waals surface area contributed by atoms with Gasteiger partial charge in [0, 0.05) is 82.0 Å². The largest absolute Gasteiger partial charge is 0.481 e. The fraction of sp³-hybridized carbons (Fsp3) is 0.571. The van der Waals surface area contributed by atoms with Gasteiger partial charge in [-0.25, -0.2) is 13.2 Å². The molecule has 0 bridgehead atoms. The van der Waals surface area contributed by atoms with Crippen molar-refractivity contribution in [2.75, 3.05) is 37.6 Å². The SMILES string of the molecule is CC(C)(C)O.Cc1cc(F)ccc1CN1CCc2cc(-c3c(CN4CCC(F)(F)CC4)nc(C)c(CC(=O)O)c3N3CCC(C)(C)CC3)ccc2C1. The van der Waals surface area contributed by atoms with Crippen LogP contribution in [0.25, 0.3) is 11.1 Å². The number of hydrogen-bond acceptors (Lipinski definition) is 6. The lowest BCUT2D eigenvalue weighted by molar-refractivity contribution is -0.136. The number of halogens is 3. The molecule has 0 aliphatic carbocycles. The Hall–Kier alpha value is -3.47. The molecule has 0 saturated carbocycles. The fourth-order valence-corrected chi connectivity index (χ4v) is 7.48. The first-order valence-electron chi connectivity index (χ1n) is 18.7. The number of aliphatic hydroxyl groups is 1. The van der Waals surface area contributed by atoms with E-state index in [1.165, 1.54) is 17.2 Å². The number of aryl methyl sites for hydroxylation is 2. The van der Waals surface area contributed by atoms with Crippen LogP contribution in [-0.4, -0.2) is 75.2 Å². The Balaban J connectivity index is 0.000000979. The number of carboxylic acid groups (broad SMARTS) is 1. The molecule has 0 radical (unpaired) electrons. The van der Waals surface area contributed by atoms with Gasteiger partial charge in [-0.15, -0.1) is 0 Å². The lowest BCUT2D eigenvalue weighted by Crippen LogP contribution is -2.40. The third kappa shape index (κ3) is 10.6. The van der Waals surface area contributed by atoms with E-state index in [0.29, 0.717) is 25.3 Å². The first-order chi connectivity index (χ1) is 24.3. The van der Waals surface area contributed by atoms with Gasteiger partial charge in [-0.2, -0.15) is 0 Å². The predicted octanol–water partition coefficient (Wildman–Crippen LogP) is 8.32. The summed E-state index contributed by atoms with van der Waals surface area (Å²) >= 11 is 0. The Morgan fingerprint density at radius 2 is 1.54 bits per heavy atom. The smallest absolute Gasteiger partial charge is 0.307 e. The zero-order valence-electron chi connectivity index (χ0n) is 32.1. The number of anilines is 1. The number of alkyl halides is 2. The Bertz CT molecular complexity index is 1730. The minimum atomic E-state index is -2.64. The summed E-state index contributed by atoms with van der Waals surface area (Å²) in [6.45, 7) is 18.7. The van der Waals surface area contributed by atoms with Gasteiger partial charge < -0.3 is 15.1 Å². The number of carbonyl (C=O) groups is 1. The number of benzene rings is 2. The molecule has 0 spiro atoms. The Kier molecular flexibility index (Phi) is 12.1. The number of rotatable bonds is 8. The number of hydrogen-bond donors (Lipinski definition) is 2. The number of piperidine rings is 2. The van der Waals surface area contributed by atoms with Crippen LogP contribution < -0.4 is 4.90 Å². The summed E-state index contributed by atoms with van der Waals surface area (Å²) in [6, 6.07) is 11.5. The molecule has 2 aromatic carbocycles. The Morgan fingerprint density at radius 1 is 0.885 bits per heavy atom. The molecule has 0 atom stereocenters. The van der Waals surface area contributed by atoms with Crippen LogP contribution in [0, 0.1) is 25.1 Å². The summed E-state index contributed by atoms with van der Waals surface area (Å²) in [6.07, 6.45) is 2.38. The number of nitrogens with zero attached hydrogens (tertiary/aromatic N) is 4. The quantitative estimate of drug-likeness (QED) is 0.242. The molecule has 284 valence electrons. The van der Waals surface area contributed by atoms with Crippen LogP contribution in [0.1, 0.15) is 99.5 Å². The van der Waals surface area contributed by atoms with Crippen LogP contribution in [0.4, 0.5) is 18.9 Å². The fourth-order valence-electron chi connectivity index (χ4n) is 7.48. The lowest BCUT2D eigenvalue weighted by Gasteiger charge is -2.41. The van der Waals surface area contributed by atoms with Crippen molar-refractivity contribution in [2.45, 2.75) is 118 Å². The van der Waals surface area contributed by atoms with Gasteiger partial charge in [-0.1, -0.05) is 38.1 Å².